The summed E-state index contributed by atoms with van der Waals surface area (Å²) in [7, 11) is 1.66. The minimum Gasteiger partial charge on any atom is -0.460 e. The molecule has 10 heteroatoms. The van der Waals surface area contributed by atoms with Gasteiger partial charge in [-0.3, -0.25) is 0 Å². The fourth-order valence-electron chi connectivity index (χ4n) is 4.25. The summed E-state index contributed by atoms with van der Waals surface area (Å²) in [6.45, 7) is 1.29. The van der Waals surface area contributed by atoms with Crippen LogP contribution in [0.4, 0.5) is 0 Å². The van der Waals surface area contributed by atoms with Gasteiger partial charge in [-0.25, -0.2) is 4.79 Å². The molecule has 0 aliphatic carbocycles. The minimum atomic E-state index is -1.55. The number of aliphatic hydroxyl groups excluding tert-OH is 5. The quantitative estimate of drug-likeness (QED) is 0.314. The number of rotatable bonds is 4. The smallest absolute Gasteiger partial charge is 0.331 e. The summed E-state index contributed by atoms with van der Waals surface area (Å²) in [6.07, 6.45) is 16.1. The number of carbonyl (C=O) groups is 1. The van der Waals surface area contributed by atoms with Crippen molar-refractivity contribution in [3.8, 4) is 0 Å². The van der Waals surface area contributed by atoms with E-state index in [2.05, 4.69) is 0 Å². The Kier molecular flexibility index (Phi) is 16.7. The number of allylic oxidation sites excluding steroid dienone is 6. The maximum atomic E-state index is 12.2. The number of hydrogen-bond donors (Lipinski definition) is 5. The van der Waals surface area contributed by atoms with Gasteiger partial charge < -0.3 is 44.5 Å². The van der Waals surface area contributed by atoms with Gasteiger partial charge in [-0.2, -0.15) is 0 Å². The molecule has 1 fully saturated rings. The molecule has 0 bridgehead atoms. The molecule has 41 heavy (non-hydrogen) atoms. The van der Waals surface area contributed by atoms with Gasteiger partial charge in [-0.1, -0.05) is 66.8 Å². The van der Waals surface area contributed by atoms with Crippen LogP contribution in [-0.4, -0.2) is 100 Å². The molecule has 9 atom stereocenters. The molecular weight excluding hydrogens is 532 g/mol. The maximum Gasteiger partial charge on any atom is 0.331 e. The lowest BCUT2D eigenvalue weighted by Gasteiger charge is -2.40. The highest BCUT2D eigenvalue weighted by Crippen LogP contribution is 2.24. The zero-order valence-electron chi connectivity index (χ0n) is 23.9. The van der Waals surface area contributed by atoms with Crippen LogP contribution >= 0.6 is 0 Å². The highest BCUT2D eigenvalue weighted by atomic mass is 16.7. The van der Waals surface area contributed by atoms with Crippen LogP contribution in [-0.2, 0) is 23.7 Å². The van der Waals surface area contributed by atoms with Crippen molar-refractivity contribution in [1.29, 1.82) is 0 Å². The molecule has 2 aliphatic heterocycles. The van der Waals surface area contributed by atoms with E-state index in [1.165, 1.54) is 6.08 Å². The third-order valence-electron chi connectivity index (χ3n) is 6.69. The molecule has 0 spiro atoms. The van der Waals surface area contributed by atoms with Crippen LogP contribution in [0.15, 0.2) is 72.9 Å². The molecule has 0 aromatic heterocycles. The number of aliphatic hydroxyl groups is 5. The minimum absolute atomic E-state index is 0.0497. The number of ether oxygens (including phenoxy) is 4. The van der Waals surface area contributed by atoms with Crippen LogP contribution in [0, 0.1) is 0 Å². The van der Waals surface area contributed by atoms with E-state index in [1.807, 2.05) is 37.3 Å². The Balaban J connectivity index is 2.12. The first-order valence-electron chi connectivity index (χ1n) is 14.1. The number of carbonyl (C=O) groups excluding carboxylic acids is 1. The van der Waals surface area contributed by atoms with Crippen LogP contribution in [0.5, 0.6) is 0 Å². The SMILES string of the molecule is COC1/C=C\C=C\C[C@@H](O)C/C=C\C=C[C@@H](O[C@@H]2O[C@H](CO)[C@@H](O)[C@H](O)[C@H]2O)C/C=C/C=C\C(=O)O[C@H](C)CCC1. The lowest BCUT2D eigenvalue weighted by atomic mass is 9.99. The third-order valence-corrected chi connectivity index (χ3v) is 6.69. The zero-order chi connectivity index (χ0) is 30.0. The van der Waals surface area contributed by atoms with Crippen LogP contribution in [0.2, 0.25) is 0 Å². The van der Waals surface area contributed by atoms with Gasteiger partial charge in [-0.05, 0) is 45.4 Å². The summed E-state index contributed by atoms with van der Waals surface area (Å²) in [5.74, 6) is -0.453. The number of methoxy groups -OCH3 is 1. The Morgan fingerprint density at radius 2 is 1.46 bits per heavy atom. The monoisotopic (exact) mass is 578 g/mol. The van der Waals surface area contributed by atoms with Gasteiger partial charge in [0, 0.05) is 13.2 Å². The van der Waals surface area contributed by atoms with E-state index in [0.717, 1.165) is 12.8 Å². The summed E-state index contributed by atoms with van der Waals surface area (Å²) in [4.78, 5) is 12.2. The van der Waals surface area contributed by atoms with E-state index in [9.17, 15) is 30.3 Å². The Bertz CT molecular complexity index is 922. The Morgan fingerprint density at radius 3 is 2.12 bits per heavy atom. The van der Waals surface area contributed by atoms with Crippen molar-refractivity contribution in [1.82, 2.24) is 0 Å². The van der Waals surface area contributed by atoms with Gasteiger partial charge in [0.15, 0.2) is 6.29 Å². The topological polar surface area (TPSA) is 155 Å². The molecule has 1 saturated heterocycles. The molecule has 10 nitrogen and oxygen atoms in total. The molecule has 2 rings (SSSR count). The first-order valence-corrected chi connectivity index (χ1v) is 14.1. The van der Waals surface area contributed by atoms with E-state index in [-0.39, 0.29) is 12.2 Å². The zero-order valence-corrected chi connectivity index (χ0v) is 23.9. The molecule has 0 aromatic carbocycles. The van der Waals surface area contributed by atoms with Crippen molar-refractivity contribution in [2.75, 3.05) is 13.7 Å². The second-order valence-corrected chi connectivity index (χ2v) is 10.1. The van der Waals surface area contributed by atoms with Crippen molar-refractivity contribution in [3.05, 3.63) is 72.9 Å². The second-order valence-electron chi connectivity index (χ2n) is 10.1. The first-order chi connectivity index (χ1) is 19.7. The predicted octanol–water partition coefficient (Wildman–Crippen LogP) is 2.17. The molecule has 0 saturated carbocycles. The number of hydrogen-bond acceptors (Lipinski definition) is 10. The fourth-order valence-corrected chi connectivity index (χ4v) is 4.25. The Hall–Kier alpha value is -2.41. The summed E-state index contributed by atoms with van der Waals surface area (Å²) in [6, 6.07) is 0. The van der Waals surface area contributed by atoms with Gasteiger partial charge in [0.2, 0.25) is 0 Å². The molecule has 5 N–H and O–H groups in total. The van der Waals surface area contributed by atoms with Gasteiger partial charge in [0.1, 0.15) is 24.4 Å². The molecule has 0 radical (unpaired) electrons. The summed E-state index contributed by atoms with van der Waals surface area (Å²) in [5, 5.41) is 50.2. The number of cyclic esters (lactones) is 1. The molecule has 0 aromatic rings. The highest BCUT2D eigenvalue weighted by Gasteiger charge is 2.44. The van der Waals surface area contributed by atoms with E-state index in [4.69, 9.17) is 18.9 Å². The van der Waals surface area contributed by atoms with E-state index < -0.39 is 55.5 Å². The van der Waals surface area contributed by atoms with Crippen LogP contribution < -0.4 is 0 Å². The average molecular weight is 579 g/mol. The normalized spacial score (nSPS) is 39.1. The lowest BCUT2D eigenvalue weighted by Crippen LogP contribution is -2.59. The van der Waals surface area contributed by atoms with E-state index >= 15 is 0 Å². The standard InChI is InChI=1S/C31H46O10/c1-22-13-12-19-24(38-2)16-8-3-6-14-23(33)15-7-4-9-17-25(18-10-5-11-20-27(34)39-22)40-31-30(37)29(36)28(35)26(21-32)41-31/h3-11,16-17,20,22-26,28-33,35-37H,12-15,18-19,21H2,1-2H3/b6-3+,7-4-,10-5+,16-8-,17-9?,20-11-/t22-,23-,24?,25-,26-,28-,29+,30-,31-/m1/s1. The van der Waals surface area contributed by atoms with Crippen molar-refractivity contribution in [2.45, 2.75) is 101 Å². The van der Waals surface area contributed by atoms with Crippen LogP contribution in [0.1, 0.15) is 45.4 Å². The van der Waals surface area contributed by atoms with Crippen LogP contribution in [0.25, 0.3) is 0 Å². The summed E-state index contributed by atoms with van der Waals surface area (Å²) in [5.41, 5.74) is 0. The van der Waals surface area contributed by atoms with Crippen molar-refractivity contribution < 1.29 is 49.3 Å². The summed E-state index contributed by atoms with van der Waals surface area (Å²) < 4.78 is 22.3. The average Bonchev–Trinajstić information content (AvgIpc) is 2.95. The van der Waals surface area contributed by atoms with Crippen molar-refractivity contribution in [2.24, 2.45) is 0 Å². The largest absolute Gasteiger partial charge is 0.460 e. The van der Waals surface area contributed by atoms with Crippen molar-refractivity contribution >= 4 is 5.97 Å². The molecule has 2 aliphatic rings. The van der Waals surface area contributed by atoms with Crippen LogP contribution in [0.3, 0.4) is 0 Å². The van der Waals surface area contributed by atoms with E-state index in [0.29, 0.717) is 25.7 Å². The molecule has 1 unspecified atom stereocenters. The second kappa shape index (κ2) is 19.7. The van der Waals surface area contributed by atoms with Gasteiger partial charge in [0.25, 0.3) is 0 Å². The van der Waals surface area contributed by atoms with Gasteiger partial charge in [-0.15, -0.1) is 0 Å². The molecule has 0 amide bonds. The van der Waals surface area contributed by atoms with Gasteiger partial charge in [0.05, 0.1) is 31.0 Å². The fraction of sp³-hybridized carbons (Fsp3) is 0.581. The number of esters is 1. The Labute approximate surface area is 242 Å². The predicted molar refractivity (Wildman–Crippen MR) is 154 cm³/mol. The maximum absolute atomic E-state index is 12.2. The van der Waals surface area contributed by atoms with Gasteiger partial charge >= 0.3 is 5.97 Å². The molecule has 2 heterocycles. The highest BCUT2D eigenvalue weighted by molar-refractivity contribution is 5.82. The first kappa shape index (κ1) is 34.8. The molecule has 230 valence electrons. The molecular formula is C31H46O10. The van der Waals surface area contributed by atoms with E-state index in [1.54, 1.807) is 43.6 Å². The summed E-state index contributed by atoms with van der Waals surface area (Å²) >= 11 is 0. The Morgan fingerprint density at radius 1 is 0.829 bits per heavy atom. The third kappa shape index (κ3) is 13.4. The van der Waals surface area contributed by atoms with Crippen molar-refractivity contribution in [3.63, 3.8) is 0 Å². The lowest BCUT2D eigenvalue weighted by molar-refractivity contribution is -0.307.